The van der Waals surface area contributed by atoms with Gasteiger partial charge in [-0.2, -0.15) is 10.2 Å². The Balaban J connectivity index is 1.70. The van der Waals surface area contributed by atoms with Gasteiger partial charge in [-0.25, -0.2) is 10.2 Å². The minimum atomic E-state index is -0.581. The zero-order valence-electron chi connectivity index (χ0n) is 20.4. The predicted octanol–water partition coefficient (Wildman–Crippen LogP) is 3.18. The first kappa shape index (κ1) is 25.9. The van der Waals surface area contributed by atoms with Crippen LogP contribution in [-0.4, -0.2) is 46.5 Å². The molecule has 188 valence electrons. The number of methoxy groups -OCH3 is 2. The van der Waals surface area contributed by atoms with Gasteiger partial charge in [0.25, 0.3) is 5.91 Å². The first-order valence-electron chi connectivity index (χ1n) is 10.7. The summed E-state index contributed by atoms with van der Waals surface area (Å²) >= 11 is 0. The molecule has 1 heterocycles. The Kier molecular flexibility index (Phi) is 8.00. The smallest absolute Gasteiger partial charge is 0.343 e. The molecule has 0 aliphatic heterocycles. The molecule has 12 heteroatoms. The van der Waals surface area contributed by atoms with Crippen molar-refractivity contribution in [2.24, 2.45) is 5.10 Å². The summed E-state index contributed by atoms with van der Waals surface area (Å²) < 4.78 is 17.2. The highest BCUT2D eigenvalue weighted by Gasteiger charge is 2.22. The van der Waals surface area contributed by atoms with Crippen LogP contribution in [0, 0.1) is 24.0 Å². The summed E-state index contributed by atoms with van der Waals surface area (Å²) in [6.07, 6.45) is 0. The molecule has 2 aromatic carbocycles. The number of ether oxygens (including phenoxy) is 3. The van der Waals surface area contributed by atoms with Gasteiger partial charge in [-0.1, -0.05) is 6.07 Å². The molecule has 1 amide bonds. The van der Waals surface area contributed by atoms with E-state index in [0.717, 1.165) is 0 Å². The van der Waals surface area contributed by atoms with E-state index >= 15 is 0 Å². The molecule has 0 bridgehead atoms. The van der Waals surface area contributed by atoms with E-state index < -0.39 is 16.8 Å². The maximum Gasteiger partial charge on any atom is 0.343 e. The summed E-state index contributed by atoms with van der Waals surface area (Å²) in [4.78, 5) is 35.5. The quantitative estimate of drug-likeness (QED) is 0.156. The molecule has 0 atom stereocenters. The minimum absolute atomic E-state index is 0.123. The van der Waals surface area contributed by atoms with Crippen LogP contribution in [0.25, 0.3) is 0 Å². The molecule has 3 rings (SSSR count). The molecule has 0 unspecified atom stereocenters. The first-order valence-corrected chi connectivity index (χ1v) is 10.7. The van der Waals surface area contributed by atoms with E-state index in [1.165, 1.54) is 32.7 Å². The fourth-order valence-electron chi connectivity index (χ4n) is 3.37. The number of amides is 1. The van der Waals surface area contributed by atoms with E-state index in [-0.39, 0.29) is 29.4 Å². The lowest BCUT2D eigenvalue weighted by Crippen LogP contribution is -2.25. The zero-order valence-corrected chi connectivity index (χ0v) is 20.4. The zero-order chi connectivity index (χ0) is 26.4. The number of hydrazone groups is 1. The van der Waals surface area contributed by atoms with E-state index in [1.807, 2.05) is 0 Å². The van der Waals surface area contributed by atoms with Gasteiger partial charge < -0.3 is 14.2 Å². The molecular formula is C24H25N5O7. The molecule has 0 aliphatic carbocycles. The van der Waals surface area contributed by atoms with Gasteiger partial charge in [0.2, 0.25) is 0 Å². The standard InChI is InChI=1S/C24H25N5O7/c1-14(25-26-22(30)13-28-16(3)23(29(32)33)15(2)27-28)17-9-10-20(21(12-17)35-5)36-24(31)18-7-6-8-19(11-18)34-4/h6-12H,13H2,1-5H3,(H,26,30)/b25-14+. The van der Waals surface area contributed by atoms with Crippen LogP contribution in [0.2, 0.25) is 0 Å². The molecule has 0 radical (unpaired) electrons. The van der Waals surface area contributed by atoms with E-state index in [2.05, 4.69) is 15.6 Å². The van der Waals surface area contributed by atoms with E-state index in [4.69, 9.17) is 14.2 Å². The molecule has 3 aromatic rings. The summed E-state index contributed by atoms with van der Waals surface area (Å²) in [5.74, 6) is -0.0686. The summed E-state index contributed by atoms with van der Waals surface area (Å²) in [5.41, 5.74) is 4.16. The number of esters is 1. The Bertz CT molecular complexity index is 1350. The summed E-state index contributed by atoms with van der Waals surface area (Å²) in [6, 6.07) is 11.4. The van der Waals surface area contributed by atoms with Gasteiger partial charge in [0.05, 0.1) is 30.4 Å². The van der Waals surface area contributed by atoms with Gasteiger partial charge in [0.1, 0.15) is 23.7 Å². The Hall–Kier alpha value is -4.74. The number of aromatic nitrogens is 2. The average molecular weight is 495 g/mol. The highest BCUT2D eigenvalue weighted by Crippen LogP contribution is 2.29. The third kappa shape index (κ3) is 5.84. The number of nitrogens with zero attached hydrogens (tertiary/aromatic N) is 4. The first-order chi connectivity index (χ1) is 17.1. The lowest BCUT2D eigenvalue weighted by molar-refractivity contribution is -0.386. The fraction of sp³-hybridized carbons (Fsp3) is 0.250. The molecule has 12 nitrogen and oxygen atoms in total. The van der Waals surface area contributed by atoms with Gasteiger partial charge >= 0.3 is 11.7 Å². The lowest BCUT2D eigenvalue weighted by atomic mass is 10.1. The van der Waals surface area contributed by atoms with Crippen molar-refractivity contribution in [3.63, 3.8) is 0 Å². The largest absolute Gasteiger partial charge is 0.497 e. The van der Waals surface area contributed by atoms with E-state index in [0.29, 0.717) is 28.3 Å². The van der Waals surface area contributed by atoms with E-state index in [9.17, 15) is 19.7 Å². The molecule has 0 saturated heterocycles. The topological polar surface area (TPSA) is 147 Å². The molecule has 0 spiro atoms. The van der Waals surface area contributed by atoms with Crippen LogP contribution in [0.5, 0.6) is 17.2 Å². The van der Waals surface area contributed by atoms with Crippen LogP contribution < -0.4 is 19.6 Å². The van der Waals surface area contributed by atoms with Crippen molar-refractivity contribution in [1.82, 2.24) is 15.2 Å². The predicted molar refractivity (Wildman–Crippen MR) is 130 cm³/mol. The second-order valence-electron chi connectivity index (χ2n) is 7.65. The van der Waals surface area contributed by atoms with Gasteiger partial charge in [0, 0.05) is 5.56 Å². The van der Waals surface area contributed by atoms with Crippen LogP contribution >= 0.6 is 0 Å². The second kappa shape index (κ2) is 11.1. The van der Waals surface area contributed by atoms with E-state index in [1.54, 1.807) is 49.4 Å². The minimum Gasteiger partial charge on any atom is -0.497 e. The van der Waals surface area contributed by atoms with Crippen LogP contribution in [0.4, 0.5) is 5.69 Å². The van der Waals surface area contributed by atoms with Gasteiger partial charge in [-0.05, 0) is 57.2 Å². The number of carbonyl (C=O) groups excluding carboxylic acids is 2. The maximum atomic E-state index is 12.5. The van der Waals surface area contributed by atoms with Crippen molar-refractivity contribution >= 4 is 23.3 Å². The molecule has 1 aromatic heterocycles. The number of hydrogen-bond acceptors (Lipinski definition) is 9. The van der Waals surface area contributed by atoms with Gasteiger partial charge in [-0.15, -0.1) is 0 Å². The van der Waals surface area contributed by atoms with Crippen molar-refractivity contribution in [2.45, 2.75) is 27.3 Å². The Morgan fingerprint density at radius 1 is 1.08 bits per heavy atom. The normalized spacial score (nSPS) is 11.1. The second-order valence-corrected chi connectivity index (χ2v) is 7.65. The summed E-state index contributed by atoms with van der Waals surface area (Å²) in [7, 11) is 2.94. The van der Waals surface area contributed by atoms with Crippen LogP contribution in [0.1, 0.15) is 34.2 Å². The van der Waals surface area contributed by atoms with Crippen molar-refractivity contribution in [3.05, 3.63) is 75.1 Å². The van der Waals surface area contributed by atoms with Crippen LogP contribution in [0.15, 0.2) is 47.6 Å². The molecule has 36 heavy (non-hydrogen) atoms. The number of rotatable bonds is 9. The summed E-state index contributed by atoms with van der Waals surface area (Å²) in [5, 5.41) is 19.3. The molecule has 0 fully saturated rings. The van der Waals surface area contributed by atoms with Gasteiger partial charge in [0.15, 0.2) is 11.5 Å². The third-order valence-corrected chi connectivity index (χ3v) is 5.26. The van der Waals surface area contributed by atoms with Crippen LogP contribution in [0.3, 0.4) is 0 Å². The fourth-order valence-corrected chi connectivity index (χ4v) is 3.37. The highest BCUT2D eigenvalue weighted by atomic mass is 16.6. The number of benzene rings is 2. The Labute approximate surface area is 206 Å². The van der Waals surface area contributed by atoms with Crippen molar-refractivity contribution in [1.29, 1.82) is 0 Å². The number of aryl methyl sites for hydroxylation is 1. The number of hydrogen-bond donors (Lipinski definition) is 1. The summed E-state index contributed by atoms with van der Waals surface area (Å²) in [6.45, 7) is 4.46. The maximum absolute atomic E-state index is 12.5. The molecular weight excluding hydrogens is 470 g/mol. The Morgan fingerprint density at radius 3 is 2.47 bits per heavy atom. The monoisotopic (exact) mass is 495 g/mol. The third-order valence-electron chi connectivity index (χ3n) is 5.26. The number of nitrogens with one attached hydrogen (secondary N) is 1. The molecule has 0 saturated carbocycles. The van der Waals surface area contributed by atoms with Crippen molar-refractivity contribution in [2.75, 3.05) is 14.2 Å². The van der Waals surface area contributed by atoms with Crippen LogP contribution in [-0.2, 0) is 11.3 Å². The van der Waals surface area contributed by atoms with Crippen molar-refractivity contribution < 1.29 is 28.7 Å². The SMILES string of the molecule is COc1cccc(C(=O)Oc2ccc(/C(C)=N/NC(=O)Cn3nc(C)c([N+](=O)[O-])c3C)cc2OC)c1. The molecule has 1 N–H and O–H groups in total. The molecule has 0 aliphatic rings. The van der Waals surface area contributed by atoms with Gasteiger partial charge in [-0.3, -0.25) is 19.6 Å². The number of carbonyl (C=O) groups is 2. The Morgan fingerprint density at radius 2 is 1.83 bits per heavy atom. The lowest BCUT2D eigenvalue weighted by Gasteiger charge is -2.11. The average Bonchev–Trinajstić information content (AvgIpc) is 3.14. The highest BCUT2D eigenvalue weighted by molar-refractivity contribution is 6.00. The number of nitro groups is 1. The van der Waals surface area contributed by atoms with Crippen molar-refractivity contribution in [3.8, 4) is 17.2 Å².